The molecular formula is C20H22N4O2S. The van der Waals surface area contributed by atoms with Crippen LogP contribution in [0.3, 0.4) is 0 Å². The number of nitrogens with one attached hydrogen (secondary N) is 1. The average Bonchev–Trinajstić information content (AvgIpc) is 2.65. The Morgan fingerprint density at radius 3 is 1.85 bits per heavy atom. The summed E-state index contributed by atoms with van der Waals surface area (Å²) >= 11 is 0. The molecule has 1 aromatic heterocycles. The highest BCUT2D eigenvalue weighted by molar-refractivity contribution is 7.92. The normalized spacial score (nSPS) is 11.3. The number of aromatic nitrogens is 2. The van der Waals surface area contributed by atoms with Crippen molar-refractivity contribution in [2.45, 2.75) is 18.7 Å². The van der Waals surface area contributed by atoms with Gasteiger partial charge in [-0.25, -0.2) is 18.4 Å². The molecule has 0 aliphatic rings. The standard InChI is InChI=1S/C20H22N4O2S/c1-14-19(15(2)22-20(21-14)24(3)4)23-27(25,26)18-12-10-17(11-13-18)16-8-6-5-7-9-16/h5-13,23H,1-4H3. The largest absolute Gasteiger partial charge is 0.347 e. The van der Waals surface area contributed by atoms with Crippen LogP contribution in [-0.4, -0.2) is 32.5 Å². The summed E-state index contributed by atoms with van der Waals surface area (Å²) < 4.78 is 28.2. The Labute approximate surface area is 160 Å². The number of nitrogens with zero attached hydrogens (tertiary/aromatic N) is 3. The average molecular weight is 382 g/mol. The number of sulfonamides is 1. The lowest BCUT2D eigenvalue weighted by Gasteiger charge is -2.16. The molecule has 1 N–H and O–H groups in total. The fourth-order valence-electron chi connectivity index (χ4n) is 2.70. The second kappa shape index (κ2) is 7.36. The van der Waals surface area contributed by atoms with Gasteiger partial charge >= 0.3 is 0 Å². The van der Waals surface area contributed by atoms with E-state index in [0.717, 1.165) is 11.1 Å². The molecule has 0 aliphatic heterocycles. The van der Waals surface area contributed by atoms with Crippen LogP contribution in [0.5, 0.6) is 0 Å². The van der Waals surface area contributed by atoms with Crippen molar-refractivity contribution in [1.29, 1.82) is 0 Å². The summed E-state index contributed by atoms with van der Waals surface area (Å²) in [5.41, 5.74) is 3.56. The molecule has 0 bridgehead atoms. The van der Waals surface area contributed by atoms with Crippen LogP contribution in [0.25, 0.3) is 11.1 Å². The van der Waals surface area contributed by atoms with Crippen molar-refractivity contribution in [2.75, 3.05) is 23.7 Å². The van der Waals surface area contributed by atoms with E-state index in [9.17, 15) is 8.42 Å². The molecule has 1 heterocycles. The molecule has 6 nitrogen and oxygen atoms in total. The van der Waals surface area contributed by atoms with Crippen molar-refractivity contribution in [3.63, 3.8) is 0 Å². The first-order chi connectivity index (χ1) is 12.8. The second-order valence-corrected chi connectivity index (χ2v) is 8.14. The Bertz CT molecular complexity index is 1020. The first-order valence-corrected chi connectivity index (χ1v) is 9.97. The van der Waals surface area contributed by atoms with Gasteiger partial charge in [-0.15, -0.1) is 0 Å². The zero-order valence-corrected chi connectivity index (χ0v) is 16.6. The minimum Gasteiger partial charge on any atom is -0.347 e. The molecular weight excluding hydrogens is 360 g/mol. The number of anilines is 2. The summed E-state index contributed by atoms with van der Waals surface area (Å²) in [6.07, 6.45) is 0. The minimum atomic E-state index is -3.73. The van der Waals surface area contributed by atoms with E-state index in [2.05, 4.69) is 14.7 Å². The molecule has 3 aromatic rings. The first kappa shape index (κ1) is 18.8. The van der Waals surface area contributed by atoms with Gasteiger partial charge in [0, 0.05) is 14.1 Å². The molecule has 3 rings (SSSR count). The van der Waals surface area contributed by atoms with Crippen LogP contribution in [0.15, 0.2) is 59.5 Å². The molecule has 0 fully saturated rings. The molecule has 0 radical (unpaired) electrons. The van der Waals surface area contributed by atoms with Gasteiger partial charge in [0.05, 0.1) is 22.0 Å². The van der Waals surface area contributed by atoms with E-state index in [1.807, 2.05) is 44.4 Å². The molecule has 0 spiro atoms. The highest BCUT2D eigenvalue weighted by Gasteiger charge is 2.19. The molecule has 2 aromatic carbocycles. The third-order valence-electron chi connectivity index (χ3n) is 4.17. The molecule has 27 heavy (non-hydrogen) atoms. The lowest BCUT2D eigenvalue weighted by Crippen LogP contribution is -2.18. The van der Waals surface area contributed by atoms with Gasteiger partial charge in [0.2, 0.25) is 5.95 Å². The fourth-order valence-corrected chi connectivity index (χ4v) is 3.87. The fraction of sp³-hybridized carbons (Fsp3) is 0.200. The predicted molar refractivity (Wildman–Crippen MR) is 109 cm³/mol. The zero-order chi connectivity index (χ0) is 19.6. The molecule has 0 unspecified atom stereocenters. The lowest BCUT2D eigenvalue weighted by molar-refractivity contribution is 0.601. The molecule has 0 aliphatic carbocycles. The number of hydrogen-bond donors (Lipinski definition) is 1. The van der Waals surface area contributed by atoms with Gasteiger partial charge in [-0.05, 0) is 37.1 Å². The van der Waals surface area contributed by atoms with Crippen LogP contribution in [0.4, 0.5) is 11.6 Å². The van der Waals surface area contributed by atoms with E-state index in [0.29, 0.717) is 23.0 Å². The van der Waals surface area contributed by atoms with Crippen molar-refractivity contribution in [3.05, 3.63) is 66.0 Å². The first-order valence-electron chi connectivity index (χ1n) is 8.49. The quantitative estimate of drug-likeness (QED) is 0.729. The topological polar surface area (TPSA) is 75.2 Å². The highest BCUT2D eigenvalue weighted by Crippen LogP contribution is 2.25. The second-order valence-electron chi connectivity index (χ2n) is 6.46. The maximum atomic E-state index is 12.8. The maximum absolute atomic E-state index is 12.8. The zero-order valence-electron chi connectivity index (χ0n) is 15.8. The summed E-state index contributed by atoms with van der Waals surface area (Å²) in [6.45, 7) is 3.52. The Hall–Kier alpha value is -2.93. The molecule has 0 amide bonds. The molecule has 7 heteroatoms. The van der Waals surface area contributed by atoms with Gasteiger partial charge in [-0.3, -0.25) is 4.72 Å². The van der Waals surface area contributed by atoms with Crippen LogP contribution >= 0.6 is 0 Å². The number of rotatable bonds is 5. The van der Waals surface area contributed by atoms with Crippen molar-refractivity contribution in [3.8, 4) is 11.1 Å². The summed E-state index contributed by atoms with van der Waals surface area (Å²) in [5, 5.41) is 0. The molecule has 0 saturated carbocycles. The third-order valence-corrected chi connectivity index (χ3v) is 5.53. The van der Waals surface area contributed by atoms with Crippen LogP contribution in [0.1, 0.15) is 11.4 Å². The van der Waals surface area contributed by atoms with E-state index in [4.69, 9.17) is 0 Å². The highest BCUT2D eigenvalue weighted by atomic mass is 32.2. The van der Waals surface area contributed by atoms with Crippen molar-refractivity contribution >= 4 is 21.7 Å². The Balaban J connectivity index is 1.89. The van der Waals surface area contributed by atoms with E-state index >= 15 is 0 Å². The van der Waals surface area contributed by atoms with E-state index in [1.54, 1.807) is 43.0 Å². The summed E-state index contributed by atoms with van der Waals surface area (Å²) in [5.74, 6) is 0.542. The summed E-state index contributed by atoms with van der Waals surface area (Å²) in [7, 11) is -0.0547. The Kier molecular flexibility index (Phi) is 5.14. The smallest absolute Gasteiger partial charge is 0.262 e. The molecule has 0 saturated heterocycles. The molecule has 0 atom stereocenters. The lowest BCUT2D eigenvalue weighted by atomic mass is 10.1. The van der Waals surface area contributed by atoms with Crippen LogP contribution < -0.4 is 9.62 Å². The summed E-state index contributed by atoms with van der Waals surface area (Å²) in [4.78, 5) is 10.7. The maximum Gasteiger partial charge on any atom is 0.262 e. The minimum absolute atomic E-state index is 0.192. The Morgan fingerprint density at radius 2 is 1.33 bits per heavy atom. The third kappa shape index (κ3) is 4.09. The van der Waals surface area contributed by atoms with Gasteiger partial charge in [0.1, 0.15) is 0 Å². The monoisotopic (exact) mass is 382 g/mol. The van der Waals surface area contributed by atoms with E-state index in [-0.39, 0.29) is 4.90 Å². The van der Waals surface area contributed by atoms with Gasteiger partial charge in [0.15, 0.2) is 0 Å². The van der Waals surface area contributed by atoms with Gasteiger partial charge in [-0.1, -0.05) is 42.5 Å². The van der Waals surface area contributed by atoms with E-state index in [1.165, 1.54) is 0 Å². The van der Waals surface area contributed by atoms with Crippen molar-refractivity contribution in [2.24, 2.45) is 0 Å². The number of hydrogen-bond acceptors (Lipinski definition) is 5. The number of aryl methyl sites for hydroxylation is 2. The van der Waals surface area contributed by atoms with Crippen LogP contribution in [-0.2, 0) is 10.0 Å². The molecule has 140 valence electrons. The van der Waals surface area contributed by atoms with E-state index < -0.39 is 10.0 Å². The predicted octanol–water partition coefficient (Wildman–Crippen LogP) is 3.63. The van der Waals surface area contributed by atoms with Crippen LogP contribution in [0, 0.1) is 13.8 Å². The van der Waals surface area contributed by atoms with Gasteiger partial charge in [-0.2, -0.15) is 0 Å². The van der Waals surface area contributed by atoms with Gasteiger partial charge < -0.3 is 4.90 Å². The Morgan fingerprint density at radius 1 is 0.815 bits per heavy atom. The van der Waals surface area contributed by atoms with Gasteiger partial charge in [0.25, 0.3) is 10.0 Å². The van der Waals surface area contributed by atoms with Crippen LogP contribution in [0.2, 0.25) is 0 Å². The van der Waals surface area contributed by atoms with Crippen molar-refractivity contribution in [1.82, 2.24) is 9.97 Å². The van der Waals surface area contributed by atoms with Crippen molar-refractivity contribution < 1.29 is 8.42 Å². The number of benzene rings is 2. The SMILES string of the molecule is Cc1nc(N(C)C)nc(C)c1NS(=O)(=O)c1ccc(-c2ccccc2)cc1. The summed E-state index contributed by atoms with van der Waals surface area (Å²) in [6, 6.07) is 16.6.